The molecule has 0 aliphatic heterocycles. The predicted molar refractivity (Wildman–Crippen MR) is 41.6 cm³/mol. The molecule has 0 atom stereocenters. The van der Waals surface area contributed by atoms with Gasteiger partial charge in [0.25, 0.3) is 0 Å². The normalized spacial score (nSPS) is 12.4. The first kappa shape index (κ1) is 12.4. The van der Waals surface area contributed by atoms with Crippen LogP contribution in [0.3, 0.4) is 0 Å². The van der Waals surface area contributed by atoms with Gasteiger partial charge in [-0.15, -0.1) is 0 Å². The van der Waals surface area contributed by atoms with Crippen molar-refractivity contribution in [3.8, 4) is 0 Å². The van der Waals surface area contributed by atoms with Crippen molar-refractivity contribution in [1.29, 1.82) is 0 Å². The van der Waals surface area contributed by atoms with Gasteiger partial charge in [0.2, 0.25) is 0 Å². The van der Waals surface area contributed by atoms with E-state index < -0.39 is 0 Å². The highest BCUT2D eigenvalue weighted by Crippen LogP contribution is 1.85. The van der Waals surface area contributed by atoms with Crippen LogP contribution >= 0.6 is 0 Å². The van der Waals surface area contributed by atoms with Gasteiger partial charge >= 0.3 is 0 Å². The van der Waals surface area contributed by atoms with Gasteiger partial charge in [0.15, 0.2) is 11.8 Å². The van der Waals surface area contributed by atoms with E-state index in [0.29, 0.717) is 0 Å². The van der Waals surface area contributed by atoms with Gasteiger partial charge in [0.1, 0.15) is 0 Å². The third-order valence-corrected chi connectivity index (χ3v) is 0.805. The average molecular weight is 162 g/mol. The molecule has 0 amide bonds. The molecule has 1 nitrogen and oxygen atoms in total. The van der Waals surface area contributed by atoms with Gasteiger partial charge in [0, 0.05) is 0 Å². The van der Waals surface area contributed by atoms with Crippen molar-refractivity contribution in [1.82, 2.24) is 0 Å². The number of nitrogens with one attached hydrogen (secondary N) is 1. The second-order valence-electron chi connectivity index (χ2n) is 3.09. The summed E-state index contributed by atoms with van der Waals surface area (Å²) in [4.78, 5) is 3.21. The minimum Gasteiger partial charge on any atom is -1.00 e. The molecule has 10 heavy (non-hydrogen) atoms. The van der Waals surface area contributed by atoms with Crippen LogP contribution < -0.4 is 17.4 Å². The van der Waals surface area contributed by atoms with Gasteiger partial charge in [-0.05, 0) is 33.8 Å². The highest BCUT2D eigenvalue weighted by atomic mass is 35.5. The zero-order valence-electron chi connectivity index (χ0n) is 7.11. The lowest BCUT2D eigenvalue weighted by molar-refractivity contribution is -0.533. The smallest absolute Gasteiger partial charge is 0.161 e. The standard InChI is InChI=1S/C8H15N.ClH/c1-5-6-7-9-8(2,3)4;/h5-7H,1-4H3;1H/b6-5+,9-7?;. The molecule has 0 aromatic heterocycles. The van der Waals surface area contributed by atoms with E-state index in [1.54, 1.807) is 0 Å². The van der Waals surface area contributed by atoms with E-state index >= 15 is 0 Å². The first-order valence-electron chi connectivity index (χ1n) is 3.28. The zero-order valence-corrected chi connectivity index (χ0v) is 7.87. The summed E-state index contributed by atoms with van der Waals surface area (Å²) in [5.41, 5.74) is 0.194. The summed E-state index contributed by atoms with van der Waals surface area (Å²) in [6.07, 6.45) is 5.95. The summed E-state index contributed by atoms with van der Waals surface area (Å²) in [5.74, 6) is 0. The molecular weight excluding hydrogens is 146 g/mol. The molecule has 0 spiro atoms. The Labute approximate surface area is 69.7 Å². The lowest BCUT2D eigenvalue weighted by atomic mass is 10.1. The molecule has 60 valence electrons. The Morgan fingerprint density at radius 2 is 1.70 bits per heavy atom. The molecule has 0 aromatic carbocycles. The quantitative estimate of drug-likeness (QED) is 0.410. The SMILES string of the molecule is C/C=C/C=[NH+]C(C)(C)C.[Cl-]. The number of allylic oxidation sites excluding steroid dienone is 2. The van der Waals surface area contributed by atoms with Gasteiger partial charge in [-0.2, -0.15) is 0 Å². The minimum atomic E-state index is 0. The highest BCUT2D eigenvalue weighted by molar-refractivity contribution is 5.64. The maximum Gasteiger partial charge on any atom is 0.161 e. The minimum absolute atomic E-state index is 0. The number of hydrogen-bond donors (Lipinski definition) is 1. The van der Waals surface area contributed by atoms with Crippen LogP contribution in [0.1, 0.15) is 27.7 Å². The largest absolute Gasteiger partial charge is 1.00 e. The van der Waals surface area contributed by atoms with Crippen molar-refractivity contribution >= 4 is 6.21 Å². The number of hydrogen-bond acceptors (Lipinski definition) is 0. The molecule has 2 heteroatoms. The van der Waals surface area contributed by atoms with Crippen LogP contribution in [0.15, 0.2) is 12.2 Å². The second kappa shape index (κ2) is 5.48. The number of halogens is 1. The summed E-state index contributed by atoms with van der Waals surface area (Å²) in [6.45, 7) is 8.40. The van der Waals surface area contributed by atoms with Gasteiger partial charge in [-0.1, -0.05) is 6.08 Å². The van der Waals surface area contributed by atoms with Gasteiger partial charge in [0.05, 0.1) is 0 Å². The predicted octanol–water partition coefficient (Wildman–Crippen LogP) is -2.48. The fourth-order valence-corrected chi connectivity index (χ4v) is 0.394. The van der Waals surface area contributed by atoms with Crippen LogP contribution in [0.5, 0.6) is 0 Å². The molecule has 0 unspecified atom stereocenters. The van der Waals surface area contributed by atoms with E-state index in [4.69, 9.17) is 0 Å². The Bertz CT molecular complexity index is 120. The van der Waals surface area contributed by atoms with E-state index in [2.05, 4.69) is 25.8 Å². The molecule has 0 radical (unpaired) electrons. The molecule has 0 heterocycles. The summed E-state index contributed by atoms with van der Waals surface area (Å²) < 4.78 is 0. The Kier molecular flexibility index (Phi) is 6.79. The molecule has 0 bridgehead atoms. The molecule has 0 aliphatic carbocycles. The van der Waals surface area contributed by atoms with E-state index in [-0.39, 0.29) is 17.9 Å². The van der Waals surface area contributed by atoms with Crippen molar-refractivity contribution in [3.05, 3.63) is 12.2 Å². The Balaban J connectivity index is 0. The summed E-state index contributed by atoms with van der Waals surface area (Å²) in [5, 5.41) is 0. The Hall–Kier alpha value is -0.300. The molecule has 0 aliphatic rings. The molecule has 0 rings (SSSR count). The van der Waals surface area contributed by atoms with Crippen molar-refractivity contribution < 1.29 is 17.4 Å². The van der Waals surface area contributed by atoms with Gasteiger partial charge < -0.3 is 12.4 Å². The highest BCUT2D eigenvalue weighted by Gasteiger charge is 2.09. The fraction of sp³-hybridized carbons (Fsp3) is 0.625. The van der Waals surface area contributed by atoms with E-state index in [9.17, 15) is 0 Å². The van der Waals surface area contributed by atoms with Crippen molar-refractivity contribution in [2.75, 3.05) is 0 Å². The van der Waals surface area contributed by atoms with Crippen LogP contribution in [0.25, 0.3) is 0 Å². The first-order valence-corrected chi connectivity index (χ1v) is 3.28. The zero-order chi connectivity index (χ0) is 7.33. The molecule has 0 saturated carbocycles. The van der Waals surface area contributed by atoms with Crippen molar-refractivity contribution in [3.63, 3.8) is 0 Å². The van der Waals surface area contributed by atoms with Crippen molar-refractivity contribution in [2.45, 2.75) is 33.2 Å². The molecule has 0 aromatic rings. The van der Waals surface area contributed by atoms with E-state index in [1.165, 1.54) is 0 Å². The summed E-state index contributed by atoms with van der Waals surface area (Å²) >= 11 is 0. The Morgan fingerprint density at radius 3 is 2.00 bits per heavy atom. The fourth-order valence-electron chi connectivity index (χ4n) is 0.394. The summed E-state index contributed by atoms with van der Waals surface area (Å²) in [6, 6.07) is 0. The molecule has 0 saturated heterocycles. The van der Waals surface area contributed by atoms with Gasteiger partial charge in [-0.3, -0.25) is 0 Å². The van der Waals surface area contributed by atoms with E-state index in [1.807, 2.05) is 25.3 Å². The van der Waals surface area contributed by atoms with Crippen LogP contribution in [-0.2, 0) is 0 Å². The first-order chi connectivity index (χ1) is 4.06. The summed E-state index contributed by atoms with van der Waals surface area (Å²) in [7, 11) is 0. The van der Waals surface area contributed by atoms with Crippen molar-refractivity contribution in [2.24, 2.45) is 0 Å². The lowest BCUT2D eigenvalue weighted by Crippen LogP contribution is -3.00. The van der Waals surface area contributed by atoms with Crippen LogP contribution in [0, 0.1) is 0 Å². The molecule has 0 fully saturated rings. The topological polar surface area (TPSA) is 14.0 Å². The van der Waals surface area contributed by atoms with Crippen LogP contribution in [0.2, 0.25) is 0 Å². The third kappa shape index (κ3) is 10.6. The van der Waals surface area contributed by atoms with E-state index in [0.717, 1.165) is 0 Å². The monoisotopic (exact) mass is 161 g/mol. The van der Waals surface area contributed by atoms with Crippen LogP contribution in [-0.4, -0.2) is 11.8 Å². The Morgan fingerprint density at radius 1 is 1.20 bits per heavy atom. The maximum atomic E-state index is 3.21. The maximum absolute atomic E-state index is 3.21. The molecule has 1 N–H and O–H groups in total. The second-order valence-corrected chi connectivity index (χ2v) is 3.09. The number of rotatable bonds is 1. The average Bonchev–Trinajstić information content (AvgIpc) is 1.63. The third-order valence-electron chi connectivity index (χ3n) is 0.805. The molecular formula is C8H16ClN. The van der Waals surface area contributed by atoms with Gasteiger partial charge in [-0.25, -0.2) is 4.99 Å². The lowest BCUT2D eigenvalue weighted by Gasteiger charge is -2.02. The van der Waals surface area contributed by atoms with Crippen LogP contribution in [0.4, 0.5) is 0 Å².